The van der Waals surface area contributed by atoms with Crippen molar-refractivity contribution in [3.63, 3.8) is 0 Å². The number of H-pyrrole nitrogens is 1. The number of anilines is 1. The van der Waals surface area contributed by atoms with Gasteiger partial charge in [0.05, 0.1) is 12.3 Å². The fraction of sp³-hybridized carbons (Fsp3) is 0.0909. The van der Waals surface area contributed by atoms with Crippen LogP contribution in [0, 0.1) is 5.82 Å². The number of aromatic nitrogens is 1. The highest BCUT2D eigenvalue weighted by Crippen LogP contribution is 2.26. The molecule has 0 unspecified atom stereocenters. The lowest BCUT2D eigenvalue weighted by molar-refractivity contribution is 0.277. The molecule has 102 valence electrons. The quantitative estimate of drug-likeness (QED) is 0.792. The van der Waals surface area contributed by atoms with E-state index in [9.17, 15) is 12.8 Å². The second kappa shape index (κ2) is 5.32. The Hall–Kier alpha value is -1.38. The van der Waals surface area contributed by atoms with Gasteiger partial charge < -0.3 is 10.1 Å². The Kier molecular flexibility index (Phi) is 3.93. The fourth-order valence-corrected chi connectivity index (χ4v) is 3.01. The second-order valence-corrected chi connectivity index (χ2v) is 6.29. The number of rotatable bonds is 4. The molecule has 1 aromatic carbocycles. The molecule has 19 heavy (non-hydrogen) atoms. The summed E-state index contributed by atoms with van der Waals surface area (Å²) < 4.78 is 39.9. The molecule has 5 nitrogen and oxygen atoms in total. The lowest BCUT2D eigenvalue weighted by Gasteiger charge is -2.08. The number of halogens is 2. The first-order chi connectivity index (χ1) is 8.92. The van der Waals surface area contributed by atoms with Gasteiger partial charge in [0.1, 0.15) is 10.7 Å². The van der Waals surface area contributed by atoms with Crippen molar-refractivity contribution in [2.24, 2.45) is 0 Å². The number of aromatic amines is 1. The Morgan fingerprint density at radius 1 is 1.37 bits per heavy atom. The summed E-state index contributed by atoms with van der Waals surface area (Å²) in [6, 6.07) is 4.99. The van der Waals surface area contributed by atoms with E-state index >= 15 is 0 Å². The minimum Gasteiger partial charge on any atom is -0.390 e. The van der Waals surface area contributed by atoms with Crippen LogP contribution in [0.15, 0.2) is 39.8 Å². The topological polar surface area (TPSA) is 82.2 Å². The van der Waals surface area contributed by atoms with Gasteiger partial charge in [0.15, 0.2) is 0 Å². The molecule has 2 aromatic rings. The first kappa shape index (κ1) is 14.0. The van der Waals surface area contributed by atoms with Crippen molar-refractivity contribution in [3.8, 4) is 0 Å². The highest BCUT2D eigenvalue weighted by Gasteiger charge is 2.17. The predicted octanol–water partition coefficient (Wildman–Crippen LogP) is 2.21. The zero-order valence-electron chi connectivity index (χ0n) is 9.52. The van der Waals surface area contributed by atoms with Crippen molar-refractivity contribution in [2.75, 3.05) is 4.72 Å². The molecule has 0 saturated carbocycles. The van der Waals surface area contributed by atoms with Gasteiger partial charge in [-0.3, -0.25) is 4.72 Å². The van der Waals surface area contributed by atoms with Crippen molar-refractivity contribution in [1.29, 1.82) is 0 Å². The molecule has 0 saturated heterocycles. The molecule has 1 heterocycles. The zero-order chi connectivity index (χ0) is 14.0. The van der Waals surface area contributed by atoms with Crippen LogP contribution in [0.3, 0.4) is 0 Å². The second-order valence-electron chi connectivity index (χ2n) is 3.75. The Morgan fingerprint density at radius 3 is 2.74 bits per heavy atom. The number of hydrogen-bond acceptors (Lipinski definition) is 3. The van der Waals surface area contributed by atoms with E-state index in [-0.39, 0.29) is 17.2 Å². The molecule has 0 atom stereocenters. The van der Waals surface area contributed by atoms with E-state index in [1.54, 1.807) is 0 Å². The van der Waals surface area contributed by atoms with E-state index in [1.165, 1.54) is 24.4 Å². The molecule has 0 radical (unpaired) electrons. The van der Waals surface area contributed by atoms with Crippen LogP contribution in [0.2, 0.25) is 0 Å². The summed E-state index contributed by atoms with van der Waals surface area (Å²) in [7, 11) is -3.83. The van der Waals surface area contributed by atoms with Gasteiger partial charge in [-0.25, -0.2) is 12.8 Å². The van der Waals surface area contributed by atoms with Gasteiger partial charge in [0.2, 0.25) is 0 Å². The van der Waals surface area contributed by atoms with Crippen LogP contribution in [0.25, 0.3) is 0 Å². The third kappa shape index (κ3) is 3.14. The van der Waals surface area contributed by atoms with Gasteiger partial charge in [0.25, 0.3) is 10.0 Å². The minimum absolute atomic E-state index is 0.0345. The Bertz CT molecular complexity index is 700. The summed E-state index contributed by atoms with van der Waals surface area (Å²) in [4.78, 5) is 2.58. The molecule has 3 N–H and O–H groups in total. The van der Waals surface area contributed by atoms with Crippen LogP contribution in [-0.2, 0) is 16.6 Å². The summed E-state index contributed by atoms with van der Waals surface area (Å²) in [5, 5.41) is 8.88. The molecule has 1 aromatic heterocycles. The average molecular weight is 349 g/mol. The van der Waals surface area contributed by atoms with Crippen molar-refractivity contribution in [2.45, 2.75) is 11.5 Å². The number of aliphatic hydroxyl groups is 1. The molecule has 0 bridgehead atoms. The van der Waals surface area contributed by atoms with Crippen LogP contribution in [0.4, 0.5) is 10.1 Å². The maximum absolute atomic E-state index is 13.1. The maximum atomic E-state index is 13.1. The summed E-state index contributed by atoms with van der Waals surface area (Å²) >= 11 is 3.13. The Morgan fingerprint density at radius 2 is 2.11 bits per heavy atom. The van der Waals surface area contributed by atoms with Crippen molar-refractivity contribution >= 4 is 31.6 Å². The number of aliphatic hydroxyl groups excluding tert-OH is 1. The zero-order valence-corrected chi connectivity index (χ0v) is 11.9. The van der Waals surface area contributed by atoms with Crippen molar-refractivity contribution in [1.82, 2.24) is 4.98 Å². The fourth-order valence-electron chi connectivity index (χ4n) is 1.44. The van der Waals surface area contributed by atoms with E-state index in [0.29, 0.717) is 10.2 Å². The molecular formula is C11H10BrFN2O3S. The minimum atomic E-state index is -3.83. The highest BCUT2D eigenvalue weighted by atomic mass is 79.9. The van der Waals surface area contributed by atoms with E-state index in [0.717, 1.165) is 6.07 Å². The molecule has 0 fully saturated rings. The number of benzene rings is 1. The lowest BCUT2D eigenvalue weighted by Crippen LogP contribution is -2.12. The Labute approximate surface area is 117 Å². The number of sulfonamides is 1. The Balaban J connectivity index is 2.33. The molecular weight excluding hydrogens is 339 g/mol. The van der Waals surface area contributed by atoms with Crippen LogP contribution in [0.5, 0.6) is 0 Å². The molecule has 0 spiro atoms. The molecule has 8 heteroatoms. The summed E-state index contributed by atoms with van der Waals surface area (Å²) in [6.45, 7) is -0.292. The van der Waals surface area contributed by atoms with Crippen molar-refractivity contribution in [3.05, 3.63) is 46.4 Å². The third-order valence-electron chi connectivity index (χ3n) is 2.37. The SMILES string of the molecule is O=S(=O)(Nc1cc(F)ccc1Br)c1c[nH]c(CO)c1. The first-order valence-electron chi connectivity index (χ1n) is 5.18. The van der Waals surface area contributed by atoms with E-state index in [1.807, 2.05) is 0 Å². The summed E-state index contributed by atoms with van der Waals surface area (Å²) in [5.74, 6) is -0.550. The van der Waals surface area contributed by atoms with Gasteiger partial charge in [-0.05, 0) is 40.2 Å². The van der Waals surface area contributed by atoms with Gasteiger partial charge in [-0.15, -0.1) is 0 Å². The van der Waals surface area contributed by atoms with Crippen LogP contribution >= 0.6 is 15.9 Å². The highest BCUT2D eigenvalue weighted by molar-refractivity contribution is 9.10. The summed E-state index contributed by atoms with van der Waals surface area (Å²) in [5.41, 5.74) is 0.477. The molecule has 0 aliphatic rings. The number of hydrogen-bond donors (Lipinski definition) is 3. The average Bonchev–Trinajstić information content (AvgIpc) is 2.83. The summed E-state index contributed by atoms with van der Waals surface area (Å²) in [6.07, 6.45) is 1.25. The third-order valence-corrected chi connectivity index (χ3v) is 4.41. The van der Waals surface area contributed by atoms with E-state index < -0.39 is 15.8 Å². The first-order valence-corrected chi connectivity index (χ1v) is 7.46. The van der Waals surface area contributed by atoms with Crippen molar-refractivity contribution < 1.29 is 17.9 Å². The van der Waals surface area contributed by atoms with Gasteiger partial charge in [0, 0.05) is 16.4 Å². The van der Waals surface area contributed by atoms with Crippen LogP contribution in [-0.4, -0.2) is 18.5 Å². The number of nitrogens with one attached hydrogen (secondary N) is 2. The van der Waals surface area contributed by atoms with Crippen LogP contribution in [0.1, 0.15) is 5.69 Å². The normalized spacial score (nSPS) is 11.5. The van der Waals surface area contributed by atoms with Gasteiger partial charge in [-0.2, -0.15) is 0 Å². The van der Waals surface area contributed by atoms with E-state index in [4.69, 9.17) is 5.11 Å². The van der Waals surface area contributed by atoms with Crippen LogP contribution < -0.4 is 4.72 Å². The molecule has 0 amide bonds. The van der Waals surface area contributed by atoms with E-state index in [2.05, 4.69) is 25.6 Å². The molecule has 0 aliphatic carbocycles. The standard InChI is InChI=1S/C11H10BrFN2O3S/c12-10-2-1-7(13)3-11(10)15-19(17,18)9-4-8(6-16)14-5-9/h1-5,14-16H,6H2. The largest absolute Gasteiger partial charge is 0.390 e. The monoisotopic (exact) mass is 348 g/mol. The maximum Gasteiger partial charge on any atom is 0.263 e. The van der Waals surface area contributed by atoms with Gasteiger partial charge >= 0.3 is 0 Å². The lowest BCUT2D eigenvalue weighted by atomic mass is 10.3. The molecule has 0 aliphatic heterocycles. The van der Waals surface area contributed by atoms with Gasteiger partial charge in [-0.1, -0.05) is 0 Å². The molecule has 2 rings (SSSR count). The predicted molar refractivity (Wildman–Crippen MR) is 71.6 cm³/mol. The smallest absolute Gasteiger partial charge is 0.263 e.